The highest BCUT2D eigenvalue weighted by atomic mass is 16.5. The van der Waals surface area contributed by atoms with Crippen molar-refractivity contribution in [3.63, 3.8) is 0 Å². The van der Waals surface area contributed by atoms with Gasteiger partial charge >= 0.3 is 0 Å². The first kappa shape index (κ1) is 16.4. The predicted octanol–water partition coefficient (Wildman–Crippen LogP) is 4.80. The monoisotopic (exact) mass is 320 g/mol. The molecule has 4 saturated carbocycles. The molecule has 0 saturated heterocycles. The van der Waals surface area contributed by atoms with Crippen molar-refractivity contribution in [2.45, 2.75) is 84.2 Å². The van der Waals surface area contributed by atoms with Crippen LogP contribution >= 0.6 is 0 Å². The normalized spacial score (nSPS) is 52.6. The van der Waals surface area contributed by atoms with Gasteiger partial charge in [0.25, 0.3) is 0 Å². The summed E-state index contributed by atoms with van der Waals surface area (Å²) in [6, 6.07) is 0. The summed E-state index contributed by atoms with van der Waals surface area (Å²) in [6.45, 7) is 5.94. The van der Waals surface area contributed by atoms with Crippen molar-refractivity contribution in [1.82, 2.24) is 0 Å². The van der Waals surface area contributed by atoms with Crippen LogP contribution in [0.2, 0.25) is 0 Å². The van der Waals surface area contributed by atoms with Crippen molar-refractivity contribution >= 4 is 0 Å². The fourth-order valence-corrected chi connectivity index (χ4v) is 7.58. The lowest BCUT2D eigenvalue weighted by Gasteiger charge is -2.60. The van der Waals surface area contributed by atoms with Gasteiger partial charge in [-0.15, -0.1) is 0 Å². The largest absolute Gasteiger partial charge is 0.394 e. The summed E-state index contributed by atoms with van der Waals surface area (Å²) >= 11 is 0. The van der Waals surface area contributed by atoms with Crippen LogP contribution in [0, 0.1) is 34.5 Å². The van der Waals surface area contributed by atoms with Gasteiger partial charge in [0, 0.05) is 0 Å². The van der Waals surface area contributed by atoms with Gasteiger partial charge in [-0.3, -0.25) is 0 Å². The molecule has 0 aromatic heterocycles. The molecular weight excluding hydrogens is 284 g/mol. The van der Waals surface area contributed by atoms with Gasteiger partial charge in [-0.2, -0.15) is 0 Å². The molecule has 4 aliphatic rings. The van der Waals surface area contributed by atoms with Crippen molar-refractivity contribution < 1.29 is 9.84 Å². The number of rotatable bonds is 3. The Kier molecular flexibility index (Phi) is 4.29. The number of fused-ring (bicyclic) bond motifs is 5. The van der Waals surface area contributed by atoms with Crippen LogP contribution in [0.25, 0.3) is 0 Å². The molecule has 0 spiro atoms. The van der Waals surface area contributed by atoms with E-state index in [1.54, 1.807) is 0 Å². The fraction of sp³-hybridized carbons (Fsp3) is 1.00. The van der Waals surface area contributed by atoms with E-state index in [1.807, 2.05) is 0 Å². The zero-order valence-electron chi connectivity index (χ0n) is 15.2. The van der Waals surface area contributed by atoms with Gasteiger partial charge in [0.15, 0.2) is 0 Å². The van der Waals surface area contributed by atoms with E-state index in [1.165, 1.54) is 64.2 Å². The highest BCUT2D eigenvalue weighted by Gasteiger charge is 2.57. The molecule has 0 heterocycles. The molecular formula is C21H36O2. The third kappa shape index (κ3) is 2.59. The average Bonchev–Trinajstić information content (AvgIpc) is 2.94. The molecule has 4 rings (SSSR count). The van der Waals surface area contributed by atoms with Gasteiger partial charge in [0.1, 0.15) is 0 Å². The summed E-state index contributed by atoms with van der Waals surface area (Å²) in [4.78, 5) is 0. The van der Waals surface area contributed by atoms with Crippen LogP contribution in [0.1, 0.15) is 78.1 Å². The first-order valence-corrected chi connectivity index (χ1v) is 10.3. The Bertz CT molecular complexity index is 436. The number of hydrogen-bond acceptors (Lipinski definition) is 2. The Morgan fingerprint density at radius 1 is 0.957 bits per heavy atom. The summed E-state index contributed by atoms with van der Waals surface area (Å²) in [7, 11) is 0. The maximum absolute atomic E-state index is 9.02. The lowest BCUT2D eigenvalue weighted by molar-refractivity contribution is -0.131. The van der Waals surface area contributed by atoms with Gasteiger partial charge in [-0.05, 0) is 92.3 Å². The molecule has 132 valence electrons. The Balaban J connectivity index is 1.49. The molecule has 2 nitrogen and oxygen atoms in total. The quantitative estimate of drug-likeness (QED) is 0.809. The second-order valence-corrected chi connectivity index (χ2v) is 9.73. The van der Waals surface area contributed by atoms with Crippen LogP contribution in [0.3, 0.4) is 0 Å². The minimum Gasteiger partial charge on any atom is -0.394 e. The molecule has 7 atom stereocenters. The summed E-state index contributed by atoms with van der Waals surface area (Å²) < 4.78 is 5.90. The SMILES string of the molecule is C[C@@]12CCC[C@H]1[C@@H]1CC[C@H]3C[C@H](OCCO)CC[C@]3(C)[C@H]1CC2. The second-order valence-electron chi connectivity index (χ2n) is 9.73. The van der Waals surface area contributed by atoms with E-state index in [4.69, 9.17) is 9.84 Å². The van der Waals surface area contributed by atoms with Crippen molar-refractivity contribution in [2.24, 2.45) is 34.5 Å². The lowest BCUT2D eigenvalue weighted by Crippen LogP contribution is -2.53. The summed E-state index contributed by atoms with van der Waals surface area (Å²) in [5, 5.41) is 9.02. The van der Waals surface area contributed by atoms with E-state index in [-0.39, 0.29) is 6.61 Å². The molecule has 4 fully saturated rings. The first-order chi connectivity index (χ1) is 11.1. The van der Waals surface area contributed by atoms with Gasteiger partial charge in [0.2, 0.25) is 0 Å². The predicted molar refractivity (Wildman–Crippen MR) is 93.2 cm³/mol. The van der Waals surface area contributed by atoms with E-state index < -0.39 is 0 Å². The van der Waals surface area contributed by atoms with Crippen LogP contribution in [0.4, 0.5) is 0 Å². The zero-order valence-corrected chi connectivity index (χ0v) is 15.2. The van der Waals surface area contributed by atoms with Crippen LogP contribution < -0.4 is 0 Å². The molecule has 0 aromatic carbocycles. The molecule has 4 aliphatic carbocycles. The Morgan fingerprint density at radius 3 is 2.65 bits per heavy atom. The number of hydrogen-bond donors (Lipinski definition) is 1. The van der Waals surface area contributed by atoms with Gasteiger partial charge in [-0.1, -0.05) is 20.3 Å². The maximum Gasteiger partial charge on any atom is 0.0701 e. The summed E-state index contributed by atoms with van der Waals surface area (Å²) in [6.07, 6.45) is 14.6. The minimum atomic E-state index is 0.170. The highest BCUT2D eigenvalue weighted by molar-refractivity contribution is 5.07. The van der Waals surface area contributed by atoms with E-state index in [9.17, 15) is 0 Å². The third-order valence-electron chi connectivity index (χ3n) is 8.84. The van der Waals surface area contributed by atoms with Crippen LogP contribution in [0.15, 0.2) is 0 Å². The molecule has 2 heteroatoms. The van der Waals surface area contributed by atoms with E-state index >= 15 is 0 Å². The summed E-state index contributed by atoms with van der Waals surface area (Å²) in [5.41, 5.74) is 1.26. The molecule has 0 aromatic rings. The molecule has 0 aliphatic heterocycles. The third-order valence-corrected chi connectivity index (χ3v) is 8.84. The maximum atomic E-state index is 9.02. The van der Waals surface area contributed by atoms with Crippen molar-refractivity contribution in [3.05, 3.63) is 0 Å². The molecule has 0 radical (unpaired) electrons. The topological polar surface area (TPSA) is 29.5 Å². The molecule has 0 unspecified atom stereocenters. The lowest BCUT2D eigenvalue weighted by atomic mass is 9.45. The van der Waals surface area contributed by atoms with E-state index in [0.717, 1.165) is 23.7 Å². The van der Waals surface area contributed by atoms with Gasteiger partial charge in [0.05, 0.1) is 19.3 Å². The first-order valence-electron chi connectivity index (χ1n) is 10.3. The standard InChI is InChI=1S/C21H36O2/c1-20-9-3-4-18(20)17-6-5-15-14-16(23-13-12-22)7-11-21(15,2)19(17)8-10-20/h15-19,22H,3-14H2,1-2H3/t15-,16+,17-,18-,19-,20-,21-/m0/s1. The number of ether oxygens (including phenoxy) is 1. The van der Waals surface area contributed by atoms with Crippen LogP contribution in [-0.4, -0.2) is 24.4 Å². The minimum absolute atomic E-state index is 0.170. The number of aliphatic hydroxyl groups excluding tert-OH is 1. The zero-order chi connectivity index (χ0) is 16.1. The Morgan fingerprint density at radius 2 is 1.83 bits per heavy atom. The highest BCUT2D eigenvalue weighted by Crippen LogP contribution is 2.66. The second kappa shape index (κ2) is 6.02. The van der Waals surface area contributed by atoms with E-state index in [2.05, 4.69) is 13.8 Å². The van der Waals surface area contributed by atoms with Crippen LogP contribution in [0.5, 0.6) is 0 Å². The summed E-state index contributed by atoms with van der Waals surface area (Å²) in [5.74, 6) is 3.90. The molecule has 1 N–H and O–H groups in total. The Labute approximate surface area is 142 Å². The molecule has 0 amide bonds. The van der Waals surface area contributed by atoms with Crippen molar-refractivity contribution in [3.8, 4) is 0 Å². The smallest absolute Gasteiger partial charge is 0.0701 e. The fourth-order valence-electron chi connectivity index (χ4n) is 7.58. The van der Waals surface area contributed by atoms with Gasteiger partial charge in [-0.25, -0.2) is 0 Å². The van der Waals surface area contributed by atoms with E-state index in [0.29, 0.717) is 23.5 Å². The average molecular weight is 321 g/mol. The van der Waals surface area contributed by atoms with Crippen molar-refractivity contribution in [2.75, 3.05) is 13.2 Å². The number of aliphatic hydroxyl groups is 1. The van der Waals surface area contributed by atoms with Crippen molar-refractivity contribution in [1.29, 1.82) is 0 Å². The van der Waals surface area contributed by atoms with Gasteiger partial charge < -0.3 is 9.84 Å². The Hall–Kier alpha value is -0.0800. The molecule has 23 heavy (non-hydrogen) atoms. The van der Waals surface area contributed by atoms with Crippen LogP contribution in [-0.2, 0) is 4.74 Å². The molecule has 0 bridgehead atoms.